The van der Waals surface area contributed by atoms with E-state index < -0.39 is 5.54 Å². The highest BCUT2D eigenvalue weighted by Crippen LogP contribution is 2.33. The van der Waals surface area contributed by atoms with E-state index in [0.29, 0.717) is 49.9 Å². The van der Waals surface area contributed by atoms with Crippen molar-refractivity contribution in [3.8, 4) is 5.75 Å². The highest BCUT2D eigenvalue weighted by Gasteiger charge is 2.36. The van der Waals surface area contributed by atoms with Crippen molar-refractivity contribution >= 4 is 23.2 Å². The summed E-state index contributed by atoms with van der Waals surface area (Å²) in [6, 6.07) is 16.0. The molecule has 2 aliphatic heterocycles. The molecule has 0 saturated carbocycles. The molecule has 9 heteroatoms. The van der Waals surface area contributed by atoms with Gasteiger partial charge in [0.2, 0.25) is 0 Å². The summed E-state index contributed by atoms with van der Waals surface area (Å²) in [5, 5.41) is 2.98. The van der Waals surface area contributed by atoms with Crippen LogP contribution in [-0.4, -0.2) is 40.1 Å². The predicted molar refractivity (Wildman–Crippen MR) is 134 cm³/mol. The van der Waals surface area contributed by atoms with Crippen molar-refractivity contribution in [2.45, 2.75) is 25.0 Å². The van der Waals surface area contributed by atoms with Gasteiger partial charge in [-0.2, -0.15) is 0 Å². The van der Waals surface area contributed by atoms with Crippen LogP contribution in [0.4, 0.5) is 0 Å². The van der Waals surface area contributed by atoms with Crippen LogP contribution in [-0.2, 0) is 12.1 Å². The Labute approximate surface area is 197 Å². The van der Waals surface area contributed by atoms with Crippen molar-refractivity contribution in [3.05, 3.63) is 84.2 Å². The lowest BCUT2D eigenvalue weighted by atomic mass is 9.88. The maximum Gasteiger partial charge on any atom is 0.160 e. The Hall–Kier alpha value is -4.11. The number of aromatic nitrogens is 2. The monoisotopic (exact) mass is 456 g/mol. The summed E-state index contributed by atoms with van der Waals surface area (Å²) in [4.78, 5) is 18.9. The fraction of sp³-hybridized carbons (Fsp3) is 0.240. The number of amidine groups is 1. The van der Waals surface area contributed by atoms with Gasteiger partial charge < -0.3 is 31.4 Å². The molecule has 174 valence electrons. The number of hydrogen-bond donors (Lipinski definition) is 4. The van der Waals surface area contributed by atoms with Crippen LogP contribution < -0.4 is 21.5 Å². The van der Waals surface area contributed by atoms with Crippen LogP contribution in [0, 0.1) is 0 Å². The van der Waals surface area contributed by atoms with Crippen LogP contribution in [0.1, 0.15) is 24.2 Å². The van der Waals surface area contributed by atoms with E-state index >= 15 is 0 Å². The Morgan fingerprint density at radius 3 is 2.74 bits per heavy atom. The maximum atomic E-state index is 6.85. The lowest BCUT2D eigenvalue weighted by Gasteiger charge is -2.39. The molecule has 0 radical (unpaired) electrons. The number of nitrogens with two attached hydrogens (primary N) is 2. The van der Waals surface area contributed by atoms with E-state index in [1.54, 1.807) is 6.34 Å². The summed E-state index contributed by atoms with van der Waals surface area (Å²) in [5.41, 5.74) is 16.1. The molecule has 6 N–H and O–H groups in total. The number of benzene rings is 2. The number of H-pyrrole nitrogens is 1. The molecule has 2 aromatic carbocycles. The summed E-state index contributed by atoms with van der Waals surface area (Å²) in [6.45, 7) is 5.48. The zero-order valence-corrected chi connectivity index (χ0v) is 18.9. The number of rotatable bonds is 6. The largest absolute Gasteiger partial charge is 0.487 e. The molecule has 2 aliphatic rings. The minimum absolute atomic E-state index is 0.486. The number of hydrogen-bond acceptors (Lipinski definition) is 7. The SMILES string of the molecule is C=C/N=C1/NC=N/C1=C(/N)N1CCC(N)(c2nc3cccc(OCc4ccccc4)c3[nH]2)CC1. The van der Waals surface area contributed by atoms with Gasteiger partial charge in [0.25, 0.3) is 0 Å². The van der Waals surface area contributed by atoms with Gasteiger partial charge in [0.05, 0.1) is 17.4 Å². The molecule has 0 spiro atoms. The molecule has 3 aromatic rings. The molecule has 0 bridgehead atoms. The fourth-order valence-electron chi connectivity index (χ4n) is 4.29. The second kappa shape index (κ2) is 9.03. The van der Waals surface area contributed by atoms with Crippen molar-refractivity contribution in [2.24, 2.45) is 21.5 Å². The first-order valence-electron chi connectivity index (χ1n) is 11.2. The van der Waals surface area contributed by atoms with Gasteiger partial charge in [-0.3, -0.25) is 0 Å². The zero-order valence-electron chi connectivity index (χ0n) is 18.9. The molecule has 5 rings (SSSR count). The van der Waals surface area contributed by atoms with Crippen molar-refractivity contribution in [1.29, 1.82) is 0 Å². The maximum absolute atomic E-state index is 6.85. The van der Waals surface area contributed by atoms with Crippen molar-refractivity contribution < 1.29 is 4.74 Å². The molecule has 34 heavy (non-hydrogen) atoms. The Balaban J connectivity index is 1.33. The third kappa shape index (κ3) is 4.13. The lowest BCUT2D eigenvalue weighted by molar-refractivity contribution is 0.189. The minimum Gasteiger partial charge on any atom is -0.487 e. The van der Waals surface area contributed by atoms with Gasteiger partial charge in [-0.05, 0) is 30.5 Å². The average Bonchev–Trinajstić information content (AvgIpc) is 3.52. The predicted octanol–water partition coefficient (Wildman–Crippen LogP) is 2.69. The second-order valence-electron chi connectivity index (χ2n) is 8.45. The van der Waals surface area contributed by atoms with Crippen molar-refractivity contribution in [2.75, 3.05) is 13.1 Å². The smallest absolute Gasteiger partial charge is 0.160 e. The third-order valence-corrected chi connectivity index (χ3v) is 6.27. The molecule has 0 unspecified atom stereocenters. The van der Waals surface area contributed by atoms with E-state index in [-0.39, 0.29) is 0 Å². The lowest BCUT2D eigenvalue weighted by Crippen LogP contribution is -2.49. The van der Waals surface area contributed by atoms with Crippen LogP contribution >= 0.6 is 0 Å². The number of piperidine rings is 1. The minimum atomic E-state index is -0.591. The van der Waals surface area contributed by atoms with Crippen LogP contribution in [0.25, 0.3) is 11.0 Å². The van der Waals surface area contributed by atoms with Crippen LogP contribution in [0.15, 0.2) is 82.8 Å². The molecule has 9 nitrogen and oxygen atoms in total. The Bertz CT molecular complexity index is 1280. The first-order chi connectivity index (χ1) is 16.6. The Morgan fingerprint density at radius 2 is 1.97 bits per heavy atom. The summed E-state index contributed by atoms with van der Waals surface area (Å²) in [5.74, 6) is 2.69. The van der Waals surface area contributed by atoms with E-state index in [0.717, 1.165) is 28.2 Å². The van der Waals surface area contributed by atoms with E-state index in [1.807, 2.05) is 48.5 Å². The number of aromatic amines is 1. The number of imidazole rings is 1. The van der Waals surface area contributed by atoms with Crippen LogP contribution in [0.2, 0.25) is 0 Å². The Kier molecular flexibility index (Phi) is 5.77. The molecule has 3 heterocycles. The molecule has 1 fully saturated rings. The molecule has 0 atom stereocenters. The van der Waals surface area contributed by atoms with Gasteiger partial charge in [0.1, 0.15) is 35.2 Å². The van der Waals surface area contributed by atoms with Gasteiger partial charge in [-0.1, -0.05) is 43.0 Å². The van der Waals surface area contributed by atoms with E-state index in [9.17, 15) is 0 Å². The molecule has 0 aliphatic carbocycles. The normalized spacial score (nSPS) is 19.9. The van der Waals surface area contributed by atoms with E-state index in [2.05, 4.69) is 31.8 Å². The summed E-state index contributed by atoms with van der Waals surface area (Å²) in [7, 11) is 0. The number of nitrogens with zero attached hydrogens (tertiary/aromatic N) is 4. The van der Waals surface area contributed by atoms with Gasteiger partial charge in [-0.25, -0.2) is 15.0 Å². The number of aliphatic imine (C=N–C) groups is 2. The second-order valence-corrected chi connectivity index (χ2v) is 8.45. The van der Waals surface area contributed by atoms with Crippen LogP contribution in [0.5, 0.6) is 5.75 Å². The quantitative estimate of drug-likeness (QED) is 0.451. The number of likely N-dealkylation sites (tertiary alicyclic amines) is 1. The zero-order chi connectivity index (χ0) is 23.5. The first kappa shape index (κ1) is 21.7. The van der Waals surface area contributed by atoms with E-state index in [4.69, 9.17) is 21.2 Å². The fourth-order valence-corrected chi connectivity index (χ4v) is 4.29. The molecular formula is C25H28N8O. The number of fused-ring (bicyclic) bond motifs is 1. The van der Waals surface area contributed by atoms with Crippen LogP contribution in [0.3, 0.4) is 0 Å². The summed E-state index contributed by atoms with van der Waals surface area (Å²) < 4.78 is 6.09. The topological polar surface area (TPSA) is 130 Å². The molecule has 0 amide bonds. The highest BCUT2D eigenvalue weighted by atomic mass is 16.5. The summed E-state index contributed by atoms with van der Waals surface area (Å²) >= 11 is 0. The van der Waals surface area contributed by atoms with Gasteiger partial charge >= 0.3 is 0 Å². The Morgan fingerprint density at radius 1 is 1.18 bits per heavy atom. The molecular weight excluding hydrogens is 428 g/mol. The average molecular weight is 457 g/mol. The number of nitrogens with one attached hydrogen (secondary N) is 2. The standard InChI is InChI=1S/C25H28N8O/c1-2-28-23-21(29-16-30-23)22(26)33-13-11-25(27,12-14-33)24-31-18-9-6-10-19(20(18)32-24)34-15-17-7-4-3-5-8-17/h2-10,16H,1,11-15,26-27H2,(H,31,32)(H,28,29,30)/b22-21-. The first-order valence-corrected chi connectivity index (χ1v) is 11.2. The van der Waals surface area contributed by atoms with Crippen molar-refractivity contribution in [1.82, 2.24) is 20.2 Å². The van der Waals surface area contributed by atoms with E-state index in [1.165, 1.54) is 6.20 Å². The molecule has 1 aromatic heterocycles. The number of para-hydroxylation sites is 1. The van der Waals surface area contributed by atoms with Gasteiger partial charge in [0.15, 0.2) is 5.84 Å². The number of ether oxygens (including phenoxy) is 1. The van der Waals surface area contributed by atoms with Gasteiger partial charge in [0, 0.05) is 19.3 Å². The molecule has 1 saturated heterocycles. The van der Waals surface area contributed by atoms with Gasteiger partial charge in [-0.15, -0.1) is 0 Å². The third-order valence-electron chi connectivity index (χ3n) is 6.27. The van der Waals surface area contributed by atoms with Crippen molar-refractivity contribution in [3.63, 3.8) is 0 Å². The summed E-state index contributed by atoms with van der Waals surface area (Å²) in [6.07, 6.45) is 4.41. The highest BCUT2D eigenvalue weighted by molar-refractivity contribution is 6.09.